The summed E-state index contributed by atoms with van der Waals surface area (Å²) in [7, 11) is 1.65. The Kier molecular flexibility index (Phi) is 2.41. The first-order valence-electron chi connectivity index (χ1n) is 5.37. The summed E-state index contributed by atoms with van der Waals surface area (Å²) in [4.78, 5) is 24.0. The lowest BCUT2D eigenvalue weighted by Gasteiger charge is -2.18. The Hall–Kier alpha value is -1.91. The molecule has 0 aromatic heterocycles. The second-order valence-corrected chi connectivity index (χ2v) is 4.71. The largest absolute Gasteiger partial charge is 0.314 e. The van der Waals surface area contributed by atoms with Gasteiger partial charge in [-0.3, -0.25) is 14.9 Å². The van der Waals surface area contributed by atoms with E-state index in [0.717, 1.165) is 16.8 Å². The average molecular weight is 234 g/mol. The van der Waals surface area contributed by atoms with E-state index in [1.54, 1.807) is 14.0 Å². The molecule has 0 bridgehead atoms. The van der Waals surface area contributed by atoms with Crippen LogP contribution >= 0.6 is 0 Å². The number of aryl methyl sites for hydroxylation is 1. The molecule has 0 aliphatic carbocycles. The van der Waals surface area contributed by atoms with E-state index in [4.69, 9.17) is 0 Å². The van der Waals surface area contributed by atoms with Crippen LogP contribution in [0.5, 0.6) is 0 Å². The van der Waals surface area contributed by atoms with Crippen LogP contribution in [0.1, 0.15) is 18.1 Å². The molecule has 17 heavy (non-hydrogen) atoms. The smallest absolute Gasteiger partial charge is 0.243 e. The maximum Gasteiger partial charge on any atom is 0.243 e. The molecule has 1 aliphatic heterocycles. The molecular weight excluding hydrogens is 220 g/mol. The summed E-state index contributed by atoms with van der Waals surface area (Å²) in [5.41, 5.74) is 1.48. The summed E-state index contributed by atoms with van der Waals surface area (Å²) in [5, 5.41) is 10.7. The van der Waals surface area contributed by atoms with Gasteiger partial charge in [-0.05, 0) is 25.5 Å². The summed E-state index contributed by atoms with van der Waals surface area (Å²) in [6.45, 7) is 3.18. The molecule has 1 amide bonds. The molecule has 2 rings (SSSR count). The Bertz CT molecular complexity index is 512. The van der Waals surface area contributed by atoms with E-state index in [2.05, 4.69) is 0 Å². The van der Waals surface area contributed by atoms with Gasteiger partial charge in [0.2, 0.25) is 12.5 Å². The standard InChI is InChI=1S/C12H14N2O3/c1-8-4-5-10-9(6-8)12(2,7-14(16)17)11(15)13(10)3/h4-6H,7H2,1-3H3/t12-/m1/s1. The van der Waals surface area contributed by atoms with Crippen molar-refractivity contribution in [1.29, 1.82) is 0 Å². The molecule has 1 aromatic rings. The van der Waals surface area contributed by atoms with Crippen molar-refractivity contribution < 1.29 is 9.72 Å². The number of carbonyl (C=O) groups excluding carboxylic acids is 1. The predicted octanol–water partition coefficient (Wildman–Crippen LogP) is 1.51. The molecular formula is C12H14N2O3. The van der Waals surface area contributed by atoms with Gasteiger partial charge in [0, 0.05) is 17.7 Å². The van der Waals surface area contributed by atoms with Gasteiger partial charge in [-0.1, -0.05) is 17.7 Å². The second kappa shape index (κ2) is 3.55. The van der Waals surface area contributed by atoms with Crippen LogP contribution in [0.2, 0.25) is 0 Å². The van der Waals surface area contributed by atoms with E-state index in [-0.39, 0.29) is 12.5 Å². The third-order valence-corrected chi connectivity index (χ3v) is 3.33. The Labute approximate surface area is 99.2 Å². The number of hydrogen-bond donors (Lipinski definition) is 0. The predicted molar refractivity (Wildman–Crippen MR) is 63.8 cm³/mol. The zero-order valence-electron chi connectivity index (χ0n) is 10.1. The lowest BCUT2D eigenvalue weighted by molar-refractivity contribution is -0.487. The number of benzene rings is 1. The number of nitrogens with zero attached hydrogens (tertiary/aromatic N) is 2. The summed E-state index contributed by atoms with van der Waals surface area (Å²) in [5.74, 6) is -0.213. The summed E-state index contributed by atoms with van der Waals surface area (Å²) >= 11 is 0. The van der Waals surface area contributed by atoms with E-state index < -0.39 is 10.3 Å². The van der Waals surface area contributed by atoms with Crippen LogP contribution in [0.25, 0.3) is 0 Å². The normalized spacial score (nSPS) is 22.8. The first-order chi connectivity index (χ1) is 7.86. The van der Waals surface area contributed by atoms with Crippen LogP contribution in [0.4, 0.5) is 5.69 Å². The van der Waals surface area contributed by atoms with Crippen molar-refractivity contribution in [3.63, 3.8) is 0 Å². The van der Waals surface area contributed by atoms with Crippen LogP contribution in [-0.4, -0.2) is 24.4 Å². The highest BCUT2D eigenvalue weighted by Gasteiger charge is 2.49. The monoisotopic (exact) mass is 234 g/mol. The van der Waals surface area contributed by atoms with Crippen LogP contribution in [-0.2, 0) is 10.2 Å². The van der Waals surface area contributed by atoms with Crippen molar-refractivity contribution in [2.24, 2.45) is 0 Å². The van der Waals surface area contributed by atoms with Gasteiger partial charge in [-0.25, -0.2) is 0 Å². The van der Waals surface area contributed by atoms with E-state index in [1.807, 2.05) is 25.1 Å². The van der Waals surface area contributed by atoms with Gasteiger partial charge in [0.15, 0.2) is 0 Å². The SMILES string of the molecule is Cc1ccc2c(c1)[C@@](C)(C[N+](=O)[O-])C(=O)N2C. The Morgan fingerprint density at radius 2 is 2.12 bits per heavy atom. The maximum atomic E-state index is 12.2. The molecule has 0 saturated carbocycles. The fraction of sp³-hybridized carbons (Fsp3) is 0.417. The lowest BCUT2D eigenvalue weighted by atomic mass is 9.83. The highest BCUT2D eigenvalue weighted by Crippen LogP contribution is 2.41. The van der Waals surface area contributed by atoms with Gasteiger partial charge in [-0.2, -0.15) is 0 Å². The van der Waals surface area contributed by atoms with Gasteiger partial charge < -0.3 is 4.90 Å². The first-order valence-corrected chi connectivity index (χ1v) is 5.37. The summed E-state index contributed by atoms with van der Waals surface area (Å²) < 4.78 is 0. The van der Waals surface area contributed by atoms with Gasteiger partial charge >= 0.3 is 0 Å². The molecule has 0 radical (unpaired) electrons. The second-order valence-electron chi connectivity index (χ2n) is 4.71. The number of hydrogen-bond acceptors (Lipinski definition) is 3. The van der Waals surface area contributed by atoms with E-state index in [9.17, 15) is 14.9 Å². The highest BCUT2D eigenvalue weighted by molar-refractivity contribution is 6.07. The molecule has 0 fully saturated rings. The molecule has 90 valence electrons. The molecule has 1 heterocycles. The minimum Gasteiger partial charge on any atom is -0.314 e. The third-order valence-electron chi connectivity index (χ3n) is 3.33. The van der Waals surface area contributed by atoms with Crippen LogP contribution in [0.15, 0.2) is 18.2 Å². The van der Waals surface area contributed by atoms with Crippen molar-refractivity contribution in [1.82, 2.24) is 0 Å². The van der Waals surface area contributed by atoms with Crippen LogP contribution in [0, 0.1) is 17.0 Å². The van der Waals surface area contributed by atoms with Crippen molar-refractivity contribution in [3.05, 3.63) is 39.4 Å². The zero-order chi connectivity index (χ0) is 12.8. The van der Waals surface area contributed by atoms with Crippen molar-refractivity contribution in [2.45, 2.75) is 19.3 Å². The molecule has 5 heteroatoms. The molecule has 5 nitrogen and oxygen atoms in total. The molecule has 1 atom stereocenters. The molecule has 1 aromatic carbocycles. The zero-order valence-corrected chi connectivity index (χ0v) is 10.1. The third kappa shape index (κ3) is 1.58. The number of rotatable bonds is 2. The Balaban J connectivity index is 2.60. The van der Waals surface area contributed by atoms with Crippen molar-refractivity contribution in [3.8, 4) is 0 Å². The van der Waals surface area contributed by atoms with Crippen molar-refractivity contribution >= 4 is 11.6 Å². The fourth-order valence-corrected chi connectivity index (χ4v) is 2.39. The van der Waals surface area contributed by atoms with E-state index in [1.165, 1.54) is 4.90 Å². The molecule has 0 spiro atoms. The lowest BCUT2D eigenvalue weighted by Crippen LogP contribution is -2.41. The molecule has 0 N–H and O–H groups in total. The molecule has 0 unspecified atom stereocenters. The number of fused-ring (bicyclic) bond motifs is 1. The van der Waals surface area contributed by atoms with Gasteiger partial charge in [0.1, 0.15) is 5.41 Å². The summed E-state index contributed by atoms with van der Waals surface area (Å²) in [6.07, 6.45) is 0. The van der Waals surface area contributed by atoms with Gasteiger partial charge in [0.05, 0.1) is 0 Å². The van der Waals surface area contributed by atoms with Crippen LogP contribution in [0.3, 0.4) is 0 Å². The fourth-order valence-electron chi connectivity index (χ4n) is 2.39. The van der Waals surface area contributed by atoms with Gasteiger partial charge in [0.25, 0.3) is 0 Å². The summed E-state index contributed by atoms with van der Waals surface area (Å²) in [6, 6.07) is 5.61. The number of likely N-dealkylation sites (N-methyl/N-ethyl adjacent to an activating group) is 1. The van der Waals surface area contributed by atoms with E-state index >= 15 is 0 Å². The highest BCUT2D eigenvalue weighted by atomic mass is 16.6. The molecule has 1 aliphatic rings. The Morgan fingerprint density at radius 3 is 2.71 bits per heavy atom. The number of carbonyl (C=O) groups is 1. The number of nitro groups is 1. The topological polar surface area (TPSA) is 63.5 Å². The Morgan fingerprint density at radius 1 is 1.47 bits per heavy atom. The first kappa shape index (κ1) is 11.6. The average Bonchev–Trinajstić information content (AvgIpc) is 2.41. The number of amides is 1. The van der Waals surface area contributed by atoms with Gasteiger partial charge in [-0.15, -0.1) is 0 Å². The number of anilines is 1. The minimum absolute atomic E-state index is 0.213. The van der Waals surface area contributed by atoms with E-state index in [0.29, 0.717) is 0 Å². The van der Waals surface area contributed by atoms with Crippen molar-refractivity contribution in [2.75, 3.05) is 18.5 Å². The quantitative estimate of drug-likeness (QED) is 0.575. The minimum atomic E-state index is -1.04. The van der Waals surface area contributed by atoms with Crippen LogP contribution < -0.4 is 4.90 Å². The maximum absolute atomic E-state index is 12.2. The molecule has 0 saturated heterocycles.